The zero-order valence-electron chi connectivity index (χ0n) is 55.9. The van der Waals surface area contributed by atoms with Crippen molar-refractivity contribution in [1.82, 2.24) is 74.8 Å². The van der Waals surface area contributed by atoms with Crippen LogP contribution in [0.1, 0.15) is 142 Å². The number of carbonyl (C=O) groups is 1. The number of halogens is 1. The molecule has 3 fully saturated rings. The van der Waals surface area contributed by atoms with Gasteiger partial charge in [-0.15, -0.1) is 17.5 Å². The Morgan fingerprint density at radius 1 is 0.646 bits per heavy atom. The summed E-state index contributed by atoms with van der Waals surface area (Å²) >= 11 is 0. The summed E-state index contributed by atoms with van der Waals surface area (Å²) in [5, 5.41) is 25.1. The van der Waals surface area contributed by atoms with Crippen LogP contribution in [0.5, 0.6) is 0 Å². The molecule has 7 aliphatic rings. The van der Waals surface area contributed by atoms with Gasteiger partial charge < -0.3 is 40.1 Å². The van der Waals surface area contributed by atoms with E-state index in [-0.39, 0.29) is 47.6 Å². The van der Waals surface area contributed by atoms with E-state index < -0.39 is 5.60 Å². The first-order valence-corrected chi connectivity index (χ1v) is 34.1. The number of amides is 1. The van der Waals surface area contributed by atoms with Crippen molar-refractivity contribution in [2.45, 2.75) is 142 Å². The van der Waals surface area contributed by atoms with Gasteiger partial charge >= 0.3 is 6.09 Å². The maximum Gasteiger partial charge on any atom is 0.408 e. The summed E-state index contributed by atoms with van der Waals surface area (Å²) in [6.07, 6.45) is 19.8. The first-order chi connectivity index (χ1) is 46.0. The number of nitrogens with one attached hydrogen (secondary N) is 2. The van der Waals surface area contributed by atoms with Crippen molar-refractivity contribution >= 4 is 75.5 Å². The smallest absolute Gasteiger partial charge is 0.408 e. The third-order valence-electron chi connectivity index (χ3n) is 21.1. The van der Waals surface area contributed by atoms with Crippen LogP contribution in [0.2, 0.25) is 0 Å². The lowest BCUT2D eigenvalue weighted by molar-refractivity contribution is -0.0368. The van der Waals surface area contributed by atoms with Crippen molar-refractivity contribution in [2.24, 2.45) is 30.7 Å². The second-order valence-corrected chi connectivity index (χ2v) is 28.4. The Morgan fingerprint density at radius 3 is 1.79 bits per heavy atom. The lowest BCUT2D eigenvalue weighted by atomic mass is 9.72. The van der Waals surface area contributed by atoms with Gasteiger partial charge in [0.2, 0.25) is 0 Å². The summed E-state index contributed by atoms with van der Waals surface area (Å²) in [4.78, 5) is 53.3. The average Bonchev–Trinajstić information content (AvgIpc) is 1.57. The fourth-order valence-corrected chi connectivity index (χ4v) is 16.3. The summed E-state index contributed by atoms with van der Waals surface area (Å²) in [6, 6.07) is 25.6. The van der Waals surface area contributed by atoms with Gasteiger partial charge in [-0.25, -0.2) is 29.4 Å². The number of aromatic nitrogens is 14. The van der Waals surface area contributed by atoms with Gasteiger partial charge in [-0.3, -0.25) is 24.4 Å². The molecule has 23 nitrogen and oxygen atoms in total. The fraction of sp³-hybridized carbons (Fsp3) is 0.458. The summed E-state index contributed by atoms with van der Waals surface area (Å²) in [6.45, 7) is 15.7. The molecule has 5 aliphatic heterocycles. The molecule has 4 N–H and O–H groups in total. The van der Waals surface area contributed by atoms with E-state index in [4.69, 9.17) is 55.3 Å². The molecule has 1 unspecified atom stereocenters. The van der Waals surface area contributed by atoms with Gasteiger partial charge in [0, 0.05) is 94.9 Å². The number of ether oxygens (including phenoxy) is 2. The summed E-state index contributed by atoms with van der Waals surface area (Å²) in [5.41, 5.74) is 24.5. The molecule has 3 atom stereocenters. The highest BCUT2D eigenvalue weighted by atomic mass is 35.5. The summed E-state index contributed by atoms with van der Waals surface area (Å²) in [5.74, 6) is 3.44. The molecule has 2 spiro atoms. The number of alkyl carbamates (subject to hydrolysis) is 1. The monoisotopic (exact) mass is 1310 g/mol. The average molecular weight is 1310 g/mol. The van der Waals surface area contributed by atoms with Crippen molar-refractivity contribution < 1.29 is 14.3 Å². The standard InChI is InChI=1S/C41H50N10O3.C31H34N10.ClH/c1-26-36(49-20-17-41(18-21-49)23-27-11-6-7-12-29(27)35(41)45-39(52)54-40(2,3)4)46-37-34(43-26)38(47-51(37)33-14-8-9-22-53-33)50-19-10-13-31-32(50)16-15-30(44-31)28-24-42-48(5)25-28;1-19-29(40-14-11-31(12-15-40)16-20-6-3-4-7-22(20)27(31)32)36-28-26(34-19)30(38-37-28)41-13-5-8-24-25(41)10-9-23(35-24)21-17-33-39(2)18-21;/h6-7,11-12,15-16,24-25,33,35H,8-10,13-14,17-23H2,1-5H3,(H,45,52);3-4,6-7,9-10,17-18,27H,5,8,11-16,32H2,1-2H3,(H,36,37,38);1H/t33?,35-;27-;/m11./s1. The number of nitrogens with two attached hydrogens (primary N) is 1. The number of nitrogens with zero attached hydrogens (tertiary/aromatic N) is 17. The molecule has 0 radical (unpaired) electrons. The van der Waals surface area contributed by atoms with Crippen LogP contribution in [-0.4, -0.2) is 127 Å². The second-order valence-electron chi connectivity index (χ2n) is 28.4. The van der Waals surface area contributed by atoms with Gasteiger partial charge in [0.15, 0.2) is 51.8 Å². The molecule has 96 heavy (non-hydrogen) atoms. The van der Waals surface area contributed by atoms with Crippen LogP contribution >= 0.6 is 12.4 Å². The molecule has 24 heteroatoms. The number of anilines is 6. The van der Waals surface area contributed by atoms with E-state index in [1.807, 2.05) is 64.3 Å². The predicted molar refractivity (Wildman–Crippen MR) is 373 cm³/mol. The molecule has 2 aliphatic carbocycles. The zero-order chi connectivity index (χ0) is 64.9. The number of rotatable bonds is 8. The number of carbonyl (C=O) groups excluding carboxylic acids is 1. The predicted octanol–water partition coefficient (Wildman–Crippen LogP) is 11.9. The number of hydrogen-bond donors (Lipinski definition) is 3. The third kappa shape index (κ3) is 11.4. The number of aromatic amines is 1. The molecule has 17 rings (SSSR count). The van der Waals surface area contributed by atoms with Crippen LogP contribution in [0, 0.1) is 24.7 Å². The molecule has 13 heterocycles. The van der Waals surface area contributed by atoms with Crippen molar-refractivity contribution in [3.05, 3.63) is 143 Å². The Hall–Kier alpha value is -9.06. The van der Waals surface area contributed by atoms with E-state index in [1.165, 1.54) is 22.3 Å². The lowest BCUT2D eigenvalue weighted by Gasteiger charge is -2.44. The molecular weight excluding hydrogens is 1230 g/mol. The second kappa shape index (κ2) is 24.9. The maximum atomic E-state index is 13.1. The Labute approximate surface area is 565 Å². The molecule has 0 bridgehead atoms. The third-order valence-corrected chi connectivity index (χ3v) is 21.1. The van der Waals surface area contributed by atoms with E-state index in [0.29, 0.717) is 6.61 Å². The van der Waals surface area contributed by atoms with Gasteiger partial charge in [-0.05, 0) is 170 Å². The minimum absolute atomic E-state index is 0. The van der Waals surface area contributed by atoms with Gasteiger partial charge in [0.25, 0.3) is 0 Å². The van der Waals surface area contributed by atoms with Gasteiger partial charge in [-0.2, -0.15) is 15.3 Å². The maximum absolute atomic E-state index is 13.1. The van der Waals surface area contributed by atoms with E-state index in [1.54, 1.807) is 9.36 Å². The molecular formula is C72H85ClN20O3. The topological polar surface area (TPSA) is 246 Å². The van der Waals surface area contributed by atoms with Gasteiger partial charge in [-0.1, -0.05) is 48.5 Å². The Kier molecular flexibility index (Phi) is 16.3. The molecule has 2 aromatic carbocycles. The zero-order valence-corrected chi connectivity index (χ0v) is 56.7. The molecule has 8 aromatic heterocycles. The number of benzene rings is 2. The van der Waals surface area contributed by atoms with E-state index >= 15 is 0 Å². The summed E-state index contributed by atoms with van der Waals surface area (Å²) in [7, 11) is 3.85. The SMILES string of the molecule is Cc1nc2c(N3CCCc4nc(-c5cnn(C)c5)ccc43)n[nH]c2nc1N1CCC2(CC1)Cc1ccccc1[C@H]2N.Cc1nc2c(N3CCCc4nc(-c5cnn(C)c5)ccc43)nn(C3CCCCO3)c2nc1N1CCC2(CC1)Cc1ccccc1[C@H]2NC(=O)OC(C)(C)C.Cl. The number of pyridine rings is 2. The Bertz CT molecular complexity index is 4560. The van der Waals surface area contributed by atoms with Crippen molar-refractivity contribution in [3.63, 3.8) is 0 Å². The number of hydrogen-bond acceptors (Lipinski definition) is 18. The van der Waals surface area contributed by atoms with E-state index in [9.17, 15) is 4.79 Å². The first kappa shape index (κ1) is 63.0. The van der Waals surface area contributed by atoms with Crippen molar-refractivity contribution in [1.29, 1.82) is 0 Å². The van der Waals surface area contributed by atoms with Crippen LogP contribution in [0.4, 0.5) is 39.4 Å². The highest BCUT2D eigenvalue weighted by Gasteiger charge is 2.50. The molecule has 10 aromatic rings. The highest BCUT2D eigenvalue weighted by molar-refractivity contribution is 5.90. The number of H-pyrrole nitrogens is 1. The van der Waals surface area contributed by atoms with E-state index in [0.717, 1.165) is 225 Å². The van der Waals surface area contributed by atoms with E-state index in [2.05, 4.69) is 127 Å². The van der Waals surface area contributed by atoms with Crippen LogP contribution in [-0.2, 0) is 49.3 Å². The first-order valence-electron chi connectivity index (χ1n) is 34.1. The molecule has 498 valence electrons. The molecule has 1 amide bonds. The Balaban J connectivity index is 0.000000161. The van der Waals surface area contributed by atoms with Crippen molar-refractivity contribution in [3.8, 4) is 22.5 Å². The normalized spacial score (nSPS) is 20.2. The minimum atomic E-state index is -0.569. The minimum Gasteiger partial charge on any atom is -0.444 e. The lowest BCUT2D eigenvalue weighted by Crippen LogP contribution is -2.48. The fourth-order valence-electron chi connectivity index (χ4n) is 16.3. The van der Waals surface area contributed by atoms with Gasteiger partial charge in [0.05, 0.1) is 64.0 Å². The summed E-state index contributed by atoms with van der Waals surface area (Å²) < 4.78 is 17.7. The number of fused-ring (bicyclic) bond motifs is 6. The van der Waals surface area contributed by atoms with Gasteiger partial charge in [0.1, 0.15) is 5.60 Å². The highest BCUT2D eigenvalue weighted by Crippen LogP contribution is 2.54. The number of aryl methyl sites for hydroxylation is 6. The van der Waals surface area contributed by atoms with Crippen LogP contribution < -0.4 is 30.7 Å². The Morgan fingerprint density at radius 2 is 1.21 bits per heavy atom. The van der Waals surface area contributed by atoms with Crippen LogP contribution in [0.3, 0.4) is 0 Å². The quantitative estimate of drug-likeness (QED) is 0.128. The largest absolute Gasteiger partial charge is 0.444 e. The van der Waals surface area contributed by atoms with Crippen molar-refractivity contribution in [2.75, 3.05) is 65.5 Å². The van der Waals surface area contributed by atoms with Crippen LogP contribution in [0.25, 0.3) is 44.8 Å². The molecule has 0 saturated carbocycles. The number of piperidine rings is 2. The van der Waals surface area contributed by atoms with Crippen LogP contribution in [0.15, 0.2) is 97.6 Å². The molecule has 3 saturated heterocycles.